The molecule has 2 aromatic rings. The van der Waals surface area contributed by atoms with E-state index in [2.05, 4.69) is 5.32 Å². The van der Waals surface area contributed by atoms with Gasteiger partial charge in [-0.1, -0.05) is 18.2 Å². The van der Waals surface area contributed by atoms with Gasteiger partial charge in [-0.2, -0.15) is 0 Å². The molecule has 25 heavy (non-hydrogen) atoms. The zero-order valence-electron chi connectivity index (χ0n) is 13.3. The summed E-state index contributed by atoms with van der Waals surface area (Å²) in [4.78, 5) is 33.8. The number of ether oxygens (including phenoxy) is 1. The van der Waals surface area contributed by atoms with Gasteiger partial charge in [0, 0.05) is 24.1 Å². The van der Waals surface area contributed by atoms with Gasteiger partial charge in [-0.15, -0.1) is 0 Å². The second-order valence-electron chi connectivity index (χ2n) is 5.23. The highest BCUT2D eigenvalue weighted by molar-refractivity contribution is 5.97. The van der Waals surface area contributed by atoms with Crippen molar-refractivity contribution >= 4 is 17.6 Å². The van der Waals surface area contributed by atoms with E-state index in [9.17, 15) is 24.8 Å². The molecule has 0 fully saturated rings. The van der Waals surface area contributed by atoms with Crippen LogP contribution < -0.4 is 10.1 Å². The Hall–Kier alpha value is -3.42. The number of hydrogen-bond donors (Lipinski definition) is 2. The predicted octanol–water partition coefficient (Wildman–Crippen LogP) is 2.03. The Kier molecular flexibility index (Phi) is 5.67. The molecule has 1 amide bonds. The maximum Gasteiger partial charge on any atom is 0.326 e. The van der Waals surface area contributed by atoms with E-state index in [4.69, 9.17) is 4.74 Å². The van der Waals surface area contributed by atoms with Gasteiger partial charge in [0.2, 0.25) is 0 Å². The van der Waals surface area contributed by atoms with Gasteiger partial charge in [0.25, 0.3) is 11.6 Å². The van der Waals surface area contributed by atoms with Crippen LogP contribution in [0.4, 0.5) is 5.69 Å². The first-order chi connectivity index (χ1) is 11.9. The minimum Gasteiger partial charge on any atom is -0.497 e. The van der Waals surface area contributed by atoms with Crippen LogP contribution in [0.5, 0.6) is 5.75 Å². The van der Waals surface area contributed by atoms with Crippen LogP contribution in [-0.2, 0) is 11.2 Å². The number of methoxy groups -OCH3 is 1. The Morgan fingerprint density at radius 1 is 1.24 bits per heavy atom. The molecular weight excluding hydrogens is 328 g/mol. The molecule has 8 nitrogen and oxygen atoms in total. The standard InChI is InChI=1S/C17H16N2O6/c1-25-14-7-2-4-11(8-14)9-15(17(21)22)18-16(20)12-5-3-6-13(10-12)19(23)24/h2-8,10,15H,9H2,1H3,(H,18,20)(H,21,22)/t15-/m0/s1. The number of benzene rings is 2. The maximum atomic E-state index is 12.2. The molecule has 0 aliphatic carbocycles. The predicted molar refractivity (Wildman–Crippen MR) is 88.7 cm³/mol. The van der Waals surface area contributed by atoms with Crippen molar-refractivity contribution in [1.29, 1.82) is 0 Å². The second-order valence-corrected chi connectivity index (χ2v) is 5.23. The van der Waals surface area contributed by atoms with Crippen molar-refractivity contribution in [2.45, 2.75) is 12.5 Å². The Balaban J connectivity index is 2.15. The monoisotopic (exact) mass is 344 g/mol. The molecule has 2 rings (SSSR count). The van der Waals surface area contributed by atoms with Crippen molar-refractivity contribution in [3.63, 3.8) is 0 Å². The van der Waals surface area contributed by atoms with Gasteiger partial charge in [0.1, 0.15) is 11.8 Å². The van der Waals surface area contributed by atoms with Gasteiger partial charge in [-0.3, -0.25) is 14.9 Å². The molecule has 8 heteroatoms. The van der Waals surface area contributed by atoms with Crippen LogP contribution in [0, 0.1) is 10.1 Å². The molecule has 130 valence electrons. The second kappa shape index (κ2) is 7.91. The number of nitro groups is 1. The molecule has 0 unspecified atom stereocenters. The number of nitrogens with zero attached hydrogens (tertiary/aromatic N) is 1. The normalized spacial score (nSPS) is 11.4. The number of rotatable bonds is 7. The first-order valence-corrected chi connectivity index (χ1v) is 7.31. The summed E-state index contributed by atoms with van der Waals surface area (Å²) in [5.41, 5.74) is 0.449. The molecule has 2 aromatic carbocycles. The van der Waals surface area contributed by atoms with Crippen LogP contribution in [-0.4, -0.2) is 35.1 Å². The molecule has 0 heterocycles. The first-order valence-electron chi connectivity index (χ1n) is 7.31. The lowest BCUT2D eigenvalue weighted by molar-refractivity contribution is -0.384. The van der Waals surface area contributed by atoms with Crippen LogP contribution in [0.25, 0.3) is 0 Å². The Morgan fingerprint density at radius 3 is 2.60 bits per heavy atom. The molecule has 0 spiro atoms. The van der Waals surface area contributed by atoms with Gasteiger partial charge >= 0.3 is 5.97 Å². The third-order valence-electron chi connectivity index (χ3n) is 3.50. The number of carboxylic acid groups (broad SMARTS) is 1. The summed E-state index contributed by atoms with van der Waals surface area (Å²) in [5.74, 6) is -1.33. The highest BCUT2D eigenvalue weighted by atomic mass is 16.6. The van der Waals surface area contributed by atoms with Crippen LogP contribution in [0.2, 0.25) is 0 Å². The SMILES string of the molecule is COc1cccc(C[C@H](NC(=O)c2cccc([N+](=O)[O-])c2)C(=O)O)c1. The maximum absolute atomic E-state index is 12.2. The van der Waals surface area contributed by atoms with Crippen molar-refractivity contribution in [3.05, 3.63) is 69.8 Å². The third kappa shape index (κ3) is 4.77. The van der Waals surface area contributed by atoms with Crippen LogP contribution in [0.1, 0.15) is 15.9 Å². The van der Waals surface area contributed by atoms with E-state index in [1.807, 2.05) is 0 Å². The van der Waals surface area contributed by atoms with E-state index < -0.39 is 22.8 Å². The summed E-state index contributed by atoms with van der Waals surface area (Å²) in [7, 11) is 1.50. The lowest BCUT2D eigenvalue weighted by Gasteiger charge is -2.15. The van der Waals surface area contributed by atoms with Crippen LogP contribution in [0.15, 0.2) is 48.5 Å². The van der Waals surface area contributed by atoms with E-state index in [-0.39, 0.29) is 17.7 Å². The zero-order chi connectivity index (χ0) is 18.4. The zero-order valence-corrected chi connectivity index (χ0v) is 13.3. The number of aliphatic carboxylic acids is 1. The van der Waals surface area contributed by atoms with E-state index in [1.54, 1.807) is 24.3 Å². The van der Waals surface area contributed by atoms with Gasteiger partial charge < -0.3 is 15.2 Å². The summed E-state index contributed by atoms with van der Waals surface area (Å²) in [6, 6.07) is 10.8. The molecular formula is C17H16N2O6. The number of nitrogens with one attached hydrogen (secondary N) is 1. The van der Waals surface area contributed by atoms with Gasteiger partial charge in [-0.25, -0.2) is 4.79 Å². The summed E-state index contributed by atoms with van der Waals surface area (Å²) >= 11 is 0. The van der Waals surface area contributed by atoms with Crippen LogP contribution in [0.3, 0.4) is 0 Å². The average Bonchev–Trinajstić information content (AvgIpc) is 2.61. The Morgan fingerprint density at radius 2 is 1.96 bits per heavy atom. The van der Waals surface area contributed by atoms with Gasteiger partial charge in [0.05, 0.1) is 12.0 Å². The number of amides is 1. The van der Waals surface area contributed by atoms with Crippen molar-refractivity contribution < 1.29 is 24.4 Å². The minimum atomic E-state index is -1.21. The van der Waals surface area contributed by atoms with Crippen molar-refractivity contribution in [1.82, 2.24) is 5.32 Å². The third-order valence-corrected chi connectivity index (χ3v) is 3.50. The fourth-order valence-corrected chi connectivity index (χ4v) is 2.24. The first kappa shape index (κ1) is 17.9. The summed E-state index contributed by atoms with van der Waals surface area (Å²) in [5, 5.41) is 22.5. The fraction of sp³-hybridized carbons (Fsp3) is 0.176. The number of carbonyl (C=O) groups excluding carboxylic acids is 1. The molecule has 2 N–H and O–H groups in total. The Labute approximate surface area is 143 Å². The summed E-state index contributed by atoms with van der Waals surface area (Å²) < 4.78 is 5.08. The lowest BCUT2D eigenvalue weighted by atomic mass is 10.0. The molecule has 0 aliphatic heterocycles. The van der Waals surface area contributed by atoms with Gasteiger partial charge in [-0.05, 0) is 23.8 Å². The largest absolute Gasteiger partial charge is 0.497 e. The number of hydrogen-bond acceptors (Lipinski definition) is 5. The van der Waals surface area contributed by atoms with E-state index >= 15 is 0 Å². The van der Waals surface area contributed by atoms with E-state index in [1.165, 1.54) is 25.3 Å². The summed E-state index contributed by atoms with van der Waals surface area (Å²) in [6.07, 6.45) is 0.0488. The fourth-order valence-electron chi connectivity index (χ4n) is 2.24. The molecule has 0 saturated carbocycles. The molecule has 0 aromatic heterocycles. The average molecular weight is 344 g/mol. The Bertz CT molecular complexity index is 805. The quantitative estimate of drug-likeness (QED) is 0.586. The molecule has 0 aliphatic rings. The van der Waals surface area contributed by atoms with Crippen molar-refractivity contribution in [2.24, 2.45) is 0 Å². The molecule has 1 atom stereocenters. The number of carboxylic acids is 1. The van der Waals surface area contributed by atoms with Crippen molar-refractivity contribution in [3.8, 4) is 5.75 Å². The number of carbonyl (C=O) groups is 2. The molecule has 0 radical (unpaired) electrons. The molecule has 0 saturated heterocycles. The number of nitro benzene ring substituents is 1. The van der Waals surface area contributed by atoms with Crippen molar-refractivity contribution in [2.75, 3.05) is 7.11 Å². The summed E-state index contributed by atoms with van der Waals surface area (Å²) in [6.45, 7) is 0. The molecule has 0 bridgehead atoms. The smallest absolute Gasteiger partial charge is 0.326 e. The highest BCUT2D eigenvalue weighted by Gasteiger charge is 2.22. The van der Waals surface area contributed by atoms with E-state index in [0.717, 1.165) is 6.07 Å². The van der Waals surface area contributed by atoms with E-state index in [0.29, 0.717) is 11.3 Å². The topological polar surface area (TPSA) is 119 Å². The van der Waals surface area contributed by atoms with Crippen LogP contribution >= 0.6 is 0 Å². The number of non-ortho nitro benzene ring substituents is 1. The minimum absolute atomic E-state index is 0.0195. The van der Waals surface area contributed by atoms with Gasteiger partial charge in [0.15, 0.2) is 0 Å². The highest BCUT2D eigenvalue weighted by Crippen LogP contribution is 2.16. The lowest BCUT2D eigenvalue weighted by Crippen LogP contribution is -2.42.